The molecule has 1 aromatic heterocycles. The minimum atomic E-state index is -3.95. The Balaban J connectivity index is 1.35. The summed E-state index contributed by atoms with van der Waals surface area (Å²) in [5, 5.41) is 4.79. The van der Waals surface area contributed by atoms with Gasteiger partial charge in [-0.2, -0.15) is 0 Å². The highest BCUT2D eigenvalue weighted by Gasteiger charge is 2.48. The Morgan fingerprint density at radius 1 is 1.04 bits per heavy atom. The fraction of sp³-hybridized carbons (Fsp3) is 0.590. The molecule has 15 nitrogen and oxygen atoms in total. The highest BCUT2D eigenvalue weighted by atomic mass is 32.2. The number of methoxy groups -OCH3 is 1. The fourth-order valence-corrected chi connectivity index (χ4v) is 8.57. The van der Waals surface area contributed by atoms with E-state index in [0.717, 1.165) is 32.1 Å². The summed E-state index contributed by atoms with van der Waals surface area (Å²) in [7, 11) is -2.39. The van der Waals surface area contributed by atoms with Crippen LogP contribution in [0.3, 0.4) is 0 Å². The first-order chi connectivity index (χ1) is 26.1. The minimum Gasteiger partial charge on any atom is -0.497 e. The molecule has 2 saturated carbocycles. The first kappa shape index (κ1) is 39.9. The van der Waals surface area contributed by atoms with E-state index < -0.39 is 74.7 Å². The fourth-order valence-electron chi connectivity index (χ4n) is 7.24. The van der Waals surface area contributed by atoms with Crippen LogP contribution in [0.1, 0.15) is 77.8 Å². The zero-order chi connectivity index (χ0) is 39.7. The summed E-state index contributed by atoms with van der Waals surface area (Å²) >= 11 is 0. The lowest BCUT2D eigenvalue weighted by atomic mass is 9.85. The molecule has 2 aliphatic carbocycles. The molecule has 16 heteroatoms. The van der Waals surface area contributed by atoms with Crippen LogP contribution in [0.15, 0.2) is 43.5 Å². The molecule has 1 aromatic carbocycles. The smallest absolute Gasteiger partial charge is 0.408 e. The number of sulfonamides is 1. The van der Waals surface area contributed by atoms with Crippen molar-refractivity contribution in [1.82, 2.24) is 30.2 Å². The summed E-state index contributed by atoms with van der Waals surface area (Å²) < 4.78 is 45.3. The maximum absolute atomic E-state index is 14.6. The molecule has 4 amide bonds. The lowest BCUT2D eigenvalue weighted by molar-refractivity contribution is -0.142. The predicted molar refractivity (Wildman–Crippen MR) is 203 cm³/mol. The van der Waals surface area contributed by atoms with Crippen LogP contribution >= 0.6 is 0 Å². The van der Waals surface area contributed by atoms with Gasteiger partial charge >= 0.3 is 6.09 Å². The number of nitrogens with one attached hydrogen (secondary N) is 3. The third kappa shape index (κ3) is 9.39. The van der Waals surface area contributed by atoms with Gasteiger partial charge in [0.15, 0.2) is 0 Å². The van der Waals surface area contributed by atoms with Gasteiger partial charge in [-0.25, -0.2) is 23.2 Å². The maximum Gasteiger partial charge on any atom is 0.408 e. The second kappa shape index (κ2) is 16.2. The van der Waals surface area contributed by atoms with Crippen molar-refractivity contribution in [3.63, 3.8) is 0 Å². The van der Waals surface area contributed by atoms with Gasteiger partial charge in [0, 0.05) is 18.4 Å². The summed E-state index contributed by atoms with van der Waals surface area (Å²) in [6.07, 6.45) is 6.82. The van der Waals surface area contributed by atoms with E-state index in [1.807, 2.05) is 12.1 Å². The molecule has 4 aliphatic rings. The number of rotatable bonds is 9. The molecule has 0 radical (unpaired) electrons. The van der Waals surface area contributed by atoms with Crippen LogP contribution < -0.4 is 24.8 Å². The summed E-state index contributed by atoms with van der Waals surface area (Å²) in [4.78, 5) is 66.7. The average Bonchev–Trinajstić information content (AvgIpc) is 4.07. The van der Waals surface area contributed by atoms with Crippen LogP contribution in [-0.2, 0) is 35.6 Å². The van der Waals surface area contributed by atoms with Crippen LogP contribution in [0.2, 0.25) is 0 Å². The first-order valence-electron chi connectivity index (χ1n) is 19.0. The molecular formula is C39H52N6O9S. The Hall–Kier alpha value is -4.73. The van der Waals surface area contributed by atoms with Crippen LogP contribution in [0.4, 0.5) is 4.79 Å². The number of aromatic nitrogens is 2. The Bertz CT molecular complexity index is 1940. The van der Waals surface area contributed by atoms with Crippen molar-refractivity contribution < 1.29 is 41.8 Å². The van der Waals surface area contributed by atoms with E-state index in [-0.39, 0.29) is 30.9 Å². The number of amides is 4. The number of carbonyl (C=O) groups excluding carboxylic acids is 4. The van der Waals surface area contributed by atoms with Gasteiger partial charge in [0.05, 0.1) is 29.9 Å². The highest BCUT2D eigenvalue weighted by molar-refractivity contribution is 7.90. The molecule has 6 atom stereocenters. The van der Waals surface area contributed by atoms with E-state index in [1.165, 1.54) is 17.1 Å². The topological polar surface area (TPSA) is 195 Å². The van der Waals surface area contributed by atoms with E-state index in [9.17, 15) is 27.6 Å². The van der Waals surface area contributed by atoms with Crippen molar-refractivity contribution in [1.29, 1.82) is 0 Å². The minimum absolute atomic E-state index is 0.0124. The largest absolute Gasteiger partial charge is 0.497 e. The number of carbonyl (C=O) groups is 4. The monoisotopic (exact) mass is 780 g/mol. The maximum atomic E-state index is 14.6. The number of fused-ring (bicyclic) bond motifs is 5. The Kier molecular flexibility index (Phi) is 11.7. The number of alkyl carbamates (subject to hydrolysis) is 1. The van der Waals surface area contributed by atoms with Gasteiger partial charge in [-0.1, -0.05) is 45.8 Å². The SMILES string of the molecule is C=CC(C=C)C(NC(=O)[C@@H]1C[C@@H]2CN1C(=O)[C@H](C(C)(C)C)NC(=O)O[C@@H]1C[C@H]1CCCCCc1nc3ccc(OC)cc3nc1O2)C(=O)NS(=O)(=O)C1CC1. The lowest BCUT2D eigenvalue weighted by Crippen LogP contribution is -2.60. The molecular weight excluding hydrogens is 729 g/mol. The molecule has 0 spiro atoms. The molecule has 2 bridgehead atoms. The van der Waals surface area contributed by atoms with Crippen molar-refractivity contribution in [2.75, 3.05) is 13.7 Å². The van der Waals surface area contributed by atoms with Gasteiger partial charge in [0.2, 0.25) is 27.7 Å². The van der Waals surface area contributed by atoms with Crippen molar-refractivity contribution in [2.24, 2.45) is 17.3 Å². The molecule has 1 unspecified atom stereocenters. The standard InChI is InChI=1S/C39H52N6O9S/c1-7-22(8-2)32(35(47)44-55(50,51)26-15-16-26)42-34(46)30-20-25-21-45(30)37(48)33(39(3,4)5)43-38(49)54-31-18-23(31)12-10-9-11-13-28-36(53-25)41-29-19-24(52-6)14-17-27(29)40-28/h7-8,14,17,19,22-23,25-26,30-33H,1-2,9-13,15-16,18,20-21H2,3-6H3,(H,42,46)(H,43,49)(H,44,47)/t23-,25-,30+,31-,32?,33-/m1/s1. The van der Waals surface area contributed by atoms with Crippen molar-refractivity contribution >= 4 is 44.9 Å². The molecule has 2 aromatic rings. The predicted octanol–water partition coefficient (Wildman–Crippen LogP) is 3.71. The van der Waals surface area contributed by atoms with Crippen LogP contribution in [0.25, 0.3) is 11.0 Å². The second-order valence-electron chi connectivity index (χ2n) is 16.0. The number of hydrogen-bond acceptors (Lipinski definition) is 11. The summed E-state index contributed by atoms with van der Waals surface area (Å²) in [6.45, 7) is 12.8. The van der Waals surface area contributed by atoms with E-state index >= 15 is 0 Å². The molecule has 3 heterocycles. The van der Waals surface area contributed by atoms with E-state index in [0.29, 0.717) is 41.7 Å². The molecule has 3 fully saturated rings. The molecule has 1 saturated heterocycles. The normalized spacial score (nSPS) is 25.5. The van der Waals surface area contributed by atoms with Gasteiger partial charge in [-0.15, -0.1) is 13.2 Å². The zero-order valence-electron chi connectivity index (χ0n) is 31.9. The number of aryl methyl sites for hydroxylation is 1. The second-order valence-corrected chi connectivity index (χ2v) is 18.0. The van der Waals surface area contributed by atoms with Crippen molar-refractivity contribution in [3.8, 4) is 11.6 Å². The Labute approximate surface area is 322 Å². The molecule has 55 heavy (non-hydrogen) atoms. The summed E-state index contributed by atoms with van der Waals surface area (Å²) in [5.74, 6) is -1.97. The molecule has 3 N–H and O–H groups in total. The van der Waals surface area contributed by atoms with Gasteiger partial charge < -0.3 is 29.7 Å². The van der Waals surface area contributed by atoms with Crippen molar-refractivity contribution in [3.05, 3.63) is 49.2 Å². The van der Waals surface area contributed by atoms with Gasteiger partial charge in [0.1, 0.15) is 41.8 Å². The Morgan fingerprint density at radius 2 is 1.78 bits per heavy atom. The zero-order valence-corrected chi connectivity index (χ0v) is 32.7. The van der Waals surface area contributed by atoms with Crippen LogP contribution in [0.5, 0.6) is 11.6 Å². The van der Waals surface area contributed by atoms with E-state index in [2.05, 4.69) is 28.5 Å². The number of ether oxygens (including phenoxy) is 3. The van der Waals surface area contributed by atoms with Crippen molar-refractivity contribution in [2.45, 2.75) is 114 Å². The van der Waals surface area contributed by atoms with Gasteiger partial charge in [0.25, 0.3) is 5.91 Å². The third-order valence-electron chi connectivity index (χ3n) is 10.7. The summed E-state index contributed by atoms with van der Waals surface area (Å²) in [5.41, 5.74) is 1.04. The average molecular weight is 781 g/mol. The van der Waals surface area contributed by atoms with Gasteiger partial charge in [-0.05, 0) is 62.0 Å². The third-order valence-corrected chi connectivity index (χ3v) is 12.6. The number of hydrogen-bond donors (Lipinski definition) is 3. The van der Waals surface area contributed by atoms with Crippen LogP contribution in [-0.4, -0.2) is 96.3 Å². The number of benzene rings is 1. The lowest BCUT2D eigenvalue weighted by Gasteiger charge is -2.35. The van der Waals surface area contributed by atoms with E-state index in [1.54, 1.807) is 33.9 Å². The highest BCUT2D eigenvalue weighted by Crippen LogP contribution is 2.39. The van der Waals surface area contributed by atoms with Gasteiger partial charge in [-0.3, -0.25) is 19.1 Å². The molecule has 298 valence electrons. The molecule has 6 rings (SSSR count). The van der Waals surface area contributed by atoms with E-state index in [4.69, 9.17) is 24.2 Å². The Morgan fingerprint density at radius 3 is 2.45 bits per heavy atom. The number of nitrogens with zero attached hydrogens (tertiary/aromatic N) is 3. The van der Waals surface area contributed by atoms with Crippen LogP contribution in [0, 0.1) is 17.3 Å². The quantitative estimate of drug-likeness (QED) is 0.314. The first-order valence-corrected chi connectivity index (χ1v) is 20.6. The summed E-state index contributed by atoms with van der Waals surface area (Å²) in [6, 6.07) is 1.69. The molecule has 2 aliphatic heterocycles.